The average Bonchev–Trinajstić information content (AvgIpc) is 2.99. The minimum Gasteiger partial charge on any atom is -0.365 e. The molecule has 140 valence electrons. The molecule has 0 unspecified atom stereocenters. The number of carbonyl (C=O) groups excluding carboxylic acids is 1. The highest BCUT2D eigenvalue weighted by Crippen LogP contribution is 2.27. The number of piperazine rings is 1. The molecule has 0 spiro atoms. The van der Waals surface area contributed by atoms with Gasteiger partial charge in [-0.05, 0) is 24.3 Å². The molecule has 1 aromatic carbocycles. The third kappa shape index (κ3) is 3.36. The Morgan fingerprint density at radius 3 is 2.70 bits per heavy atom. The molecule has 7 nitrogen and oxygen atoms in total. The van der Waals surface area contributed by atoms with Crippen LogP contribution in [0.3, 0.4) is 0 Å². The van der Waals surface area contributed by atoms with E-state index in [1.54, 1.807) is 18.3 Å². The van der Waals surface area contributed by atoms with Crippen LogP contribution < -0.4 is 10.6 Å². The number of nitrogens with zero attached hydrogens (tertiary/aromatic N) is 5. The third-order valence-corrected chi connectivity index (χ3v) is 5.31. The van der Waals surface area contributed by atoms with Gasteiger partial charge in [0.15, 0.2) is 0 Å². The highest BCUT2D eigenvalue weighted by atomic mass is 35.5. The average molecular weight is 385 g/mol. The van der Waals surface area contributed by atoms with Crippen molar-refractivity contribution < 1.29 is 4.79 Å². The van der Waals surface area contributed by atoms with Crippen LogP contribution in [-0.2, 0) is 13.6 Å². The van der Waals surface area contributed by atoms with Gasteiger partial charge in [0.2, 0.25) is 0 Å². The van der Waals surface area contributed by atoms with Gasteiger partial charge >= 0.3 is 0 Å². The predicted molar refractivity (Wildman–Crippen MR) is 106 cm³/mol. The minimum atomic E-state index is -0.449. The number of nitrogens with two attached hydrogens (primary N) is 1. The molecule has 1 fully saturated rings. The topological polar surface area (TPSA) is 80.3 Å². The number of benzene rings is 1. The molecule has 8 heteroatoms. The smallest absolute Gasteiger partial charge is 0.252 e. The van der Waals surface area contributed by atoms with E-state index >= 15 is 0 Å². The Labute approximate surface area is 162 Å². The number of anilines is 1. The molecule has 1 aliphatic heterocycles. The Morgan fingerprint density at radius 1 is 1.19 bits per heavy atom. The van der Waals surface area contributed by atoms with E-state index in [1.165, 1.54) is 0 Å². The highest BCUT2D eigenvalue weighted by molar-refractivity contribution is 6.35. The van der Waals surface area contributed by atoms with Crippen LogP contribution in [0.5, 0.6) is 0 Å². The minimum absolute atomic E-state index is 0.449. The summed E-state index contributed by atoms with van der Waals surface area (Å²) in [6.07, 6.45) is 1.69. The van der Waals surface area contributed by atoms with Crippen LogP contribution in [0.2, 0.25) is 5.02 Å². The van der Waals surface area contributed by atoms with Gasteiger partial charge < -0.3 is 10.6 Å². The fourth-order valence-electron chi connectivity index (χ4n) is 3.63. The van der Waals surface area contributed by atoms with E-state index in [9.17, 15) is 4.79 Å². The largest absolute Gasteiger partial charge is 0.365 e. The number of aromatic nitrogens is 3. The van der Waals surface area contributed by atoms with E-state index in [0.29, 0.717) is 11.4 Å². The van der Waals surface area contributed by atoms with Crippen molar-refractivity contribution in [2.45, 2.75) is 6.54 Å². The molecule has 1 amide bonds. The van der Waals surface area contributed by atoms with Crippen molar-refractivity contribution >= 4 is 34.2 Å². The molecule has 1 aliphatic rings. The molecule has 3 aromatic rings. The Kier molecular flexibility index (Phi) is 4.72. The molecule has 0 aliphatic carbocycles. The van der Waals surface area contributed by atoms with Crippen molar-refractivity contribution in [1.29, 1.82) is 0 Å². The van der Waals surface area contributed by atoms with Crippen LogP contribution in [0.15, 0.2) is 36.5 Å². The quantitative estimate of drug-likeness (QED) is 0.744. The number of amides is 1. The van der Waals surface area contributed by atoms with Gasteiger partial charge in [-0.1, -0.05) is 17.7 Å². The first-order valence-corrected chi connectivity index (χ1v) is 9.24. The molecular weight excluding hydrogens is 364 g/mol. The van der Waals surface area contributed by atoms with Gasteiger partial charge in [0.05, 0.1) is 21.8 Å². The Hall–Kier alpha value is -2.64. The number of hydrogen-bond acceptors (Lipinski definition) is 5. The van der Waals surface area contributed by atoms with Gasteiger partial charge in [-0.25, -0.2) is 4.98 Å². The summed E-state index contributed by atoms with van der Waals surface area (Å²) in [6.45, 7) is 3.97. The lowest BCUT2D eigenvalue weighted by molar-refractivity contribution is 0.1000. The van der Waals surface area contributed by atoms with Gasteiger partial charge in [-0.3, -0.25) is 14.4 Å². The maximum absolute atomic E-state index is 11.7. The van der Waals surface area contributed by atoms with Gasteiger partial charge in [0.1, 0.15) is 5.82 Å². The highest BCUT2D eigenvalue weighted by Gasteiger charge is 2.23. The molecule has 3 heterocycles. The lowest BCUT2D eigenvalue weighted by atomic mass is 10.2. The van der Waals surface area contributed by atoms with Crippen LogP contribution in [0.1, 0.15) is 16.1 Å². The van der Waals surface area contributed by atoms with E-state index in [-0.39, 0.29) is 0 Å². The summed E-state index contributed by atoms with van der Waals surface area (Å²) in [4.78, 5) is 20.5. The molecule has 2 N–H and O–H groups in total. The van der Waals surface area contributed by atoms with Crippen molar-refractivity contribution in [3.63, 3.8) is 0 Å². The third-order valence-electron chi connectivity index (χ3n) is 5.00. The zero-order chi connectivity index (χ0) is 19.0. The lowest BCUT2D eigenvalue weighted by Crippen LogP contribution is -2.46. The number of primary amides is 1. The molecule has 0 saturated carbocycles. The summed E-state index contributed by atoms with van der Waals surface area (Å²) in [5.74, 6) is 0.214. The summed E-state index contributed by atoms with van der Waals surface area (Å²) in [5, 5.41) is 6.41. The summed E-state index contributed by atoms with van der Waals surface area (Å²) in [5.41, 5.74) is 7.97. The standard InChI is InChI=1S/C19H21ClN6O/c1-24-16-6-2-5-14(20)17(16)15(23-24)12-25-8-10-26(11-9-25)19-13(18(21)27)4-3-7-22-19/h2-7H,8-12H2,1H3,(H2,21,27). The van der Waals surface area contributed by atoms with Gasteiger partial charge in [-0.15, -0.1) is 0 Å². The number of hydrogen-bond donors (Lipinski definition) is 1. The zero-order valence-electron chi connectivity index (χ0n) is 15.1. The first kappa shape index (κ1) is 17.8. The van der Waals surface area contributed by atoms with Crippen LogP contribution in [0, 0.1) is 0 Å². The fraction of sp³-hybridized carbons (Fsp3) is 0.316. The molecule has 2 aromatic heterocycles. The molecule has 4 rings (SSSR count). The first-order chi connectivity index (χ1) is 13.0. The fourth-order valence-corrected chi connectivity index (χ4v) is 3.91. The monoisotopic (exact) mass is 384 g/mol. The van der Waals surface area contributed by atoms with Crippen LogP contribution in [-0.4, -0.2) is 51.8 Å². The second-order valence-electron chi connectivity index (χ2n) is 6.71. The SMILES string of the molecule is Cn1nc(CN2CCN(c3ncccc3C(N)=O)CC2)c2c(Cl)cccc21. The Morgan fingerprint density at radius 2 is 1.96 bits per heavy atom. The van der Waals surface area contributed by atoms with Crippen molar-refractivity contribution in [2.24, 2.45) is 12.8 Å². The van der Waals surface area contributed by atoms with E-state index < -0.39 is 5.91 Å². The number of pyridine rings is 1. The van der Waals surface area contributed by atoms with E-state index in [0.717, 1.165) is 54.3 Å². The van der Waals surface area contributed by atoms with Gasteiger partial charge in [0, 0.05) is 51.4 Å². The number of aryl methyl sites for hydroxylation is 1. The first-order valence-electron chi connectivity index (χ1n) is 8.87. The van der Waals surface area contributed by atoms with Crippen LogP contribution >= 0.6 is 11.6 Å². The predicted octanol–water partition coefficient (Wildman–Crippen LogP) is 2.04. The molecule has 1 saturated heterocycles. The molecule has 0 radical (unpaired) electrons. The van der Waals surface area contributed by atoms with Crippen LogP contribution in [0.4, 0.5) is 5.82 Å². The molecule has 27 heavy (non-hydrogen) atoms. The van der Waals surface area contributed by atoms with Crippen molar-refractivity contribution in [1.82, 2.24) is 19.7 Å². The van der Waals surface area contributed by atoms with Crippen molar-refractivity contribution in [2.75, 3.05) is 31.1 Å². The summed E-state index contributed by atoms with van der Waals surface area (Å²) < 4.78 is 1.87. The molecule has 0 bridgehead atoms. The Bertz CT molecular complexity index is 993. The molecular formula is C19H21ClN6O. The van der Waals surface area contributed by atoms with Gasteiger partial charge in [-0.2, -0.15) is 5.10 Å². The summed E-state index contributed by atoms with van der Waals surface area (Å²) >= 11 is 6.41. The zero-order valence-corrected chi connectivity index (χ0v) is 15.9. The maximum Gasteiger partial charge on any atom is 0.252 e. The molecule has 0 atom stereocenters. The van der Waals surface area contributed by atoms with E-state index in [2.05, 4.69) is 19.9 Å². The van der Waals surface area contributed by atoms with Crippen molar-refractivity contribution in [3.8, 4) is 0 Å². The van der Waals surface area contributed by atoms with Crippen LogP contribution in [0.25, 0.3) is 10.9 Å². The number of carbonyl (C=O) groups is 1. The normalized spacial score (nSPS) is 15.4. The lowest BCUT2D eigenvalue weighted by Gasteiger charge is -2.35. The number of rotatable bonds is 4. The van der Waals surface area contributed by atoms with E-state index in [4.69, 9.17) is 17.3 Å². The number of fused-ring (bicyclic) bond motifs is 1. The number of halogens is 1. The second kappa shape index (κ2) is 7.17. The summed E-state index contributed by atoms with van der Waals surface area (Å²) in [7, 11) is 1.94. The van der Waals surface area contributed by atoms with Gasteiger partial charge in [0.25, 0.3) is 5.91 Å². The second-order valence-corrected chi connectivity index (χ2v) is 7.11. The van der Waals surface area contributed by atoms with E-state index in [1.807, 2.05) is 29.9 Å². The Balaban J connectivity index is 1.49. The summed E-state index contributed by atoms with van der Waals surface area (Å²) in [6, 6.07) is 9.33. The van der Waals surface area contributed by atoms with Crippen molar-refractivity contribution in [3.05, 3.63) is 52.8 Å². The maximum atomic E-state index is 11.7.